The van der Waals surface area contributed by atoms with E-state index in [-0.39, 0.29) is 0 Å². The molecule has 21 heavy (non-hydrogen) atoms. The highest BCUT2D eigenvalue weighted by atomic mass is 32.2. The van der Waals surface area contributed by atoms with E-state index >= 15 is 0 Å². The predicted molar refractivity (Wildman–Crippen MR) is 85.1 cm³/mol. The van der Waals surface area contributed by atoms with Gasteiger partial charge in [-0.2, -0.15) is 5.26 Å². The highest BCUT2D eigenvalue weighted by molar-refractivity contribution is 7.99. The molecule has 2 aliphatic rings. The number of nitrogens with zero attached hydrogens (tertiary/aromatic N) is 3. The van der Waals surface area contributed by atoms with Crippen molar-refractivity contribution in [1.82, 2.24) is 9.97 Å². The van der Waals surface area contributed by atoms with Crippen molar-refractivity contribution in [1.29, 1.82) is 5.26 Å². The first-order valence-electron chi connectivity index (χ1n) is 8.02. The van der Waals surface area contributed by atoms with Crippen molar-refractivity contribution in [2.24, 2.45) is 0 Å². The van der Waals surface area contributed by atoms with Crippen molar-refractivity contribution in [3.8, 4) is 6.07 Å². The number of anilines is 1. The van der Waals surface area contributed by atoms with E-state index < -0.39 is 0 Å². The smallest absolute Gasteiger partial charge is 0.190 e. The van der Waals surface area contributed by atoms with Crippen molar-refractivity contribution in [3.63, 3.8) is 0 Å². The Labute approximate surface area is 130 Å². The van der Waals surface area contributed by atoms with Gasteiger partial charge in [0.05, 0.1) is 5.69 Å². The van der Waals surface area contributed by atoms with Gasteiger partial charge in [-0.15, -0.1) is 0 Å². The molecule has 5 heteroatoms. The van der Waals surface area contributed by atoms with Crippen LogP contribution in [0, 0.1) is 11.3 Å². The summed E-state index contributed by atoms with van der Waals surface area (Å²) in [5.74, 6) is 0.759. The van der Waals surface area contributed by atoms with E-state index in [2.05, 4.69) is 11.1 Å². The first-order chi connectivity index (χ1) is 10.3. The van der Waals surface area contributed by atoms with Crippen molar-refractivity contribution in [2.75, 3.05) is 5.73 Å². The van der Waals surface area contributed by atoms with Crippen molar-refractivity contribution >= 4 is 17.6 Å². The Morgan fingerprint density at radius 2 is 1.67 bits per heavy atom. The Bertz CT molecular complexity index is 540. The number of hydrogen-bond donors (Lipinski definition) is 1. The Morgan fingerprint density at radius 1 is 1.00 bits per heavy atom. The van der Waals surface area contributed by atoms with Crippen molar-refractivity contribution in [3.05, 3.63) is 11.3 Å². The van der Waals surface area contributed by atoms with Gasteiger partial charge in [-0.1, -0.05) is 43.9 Å². The van der Waals surface area contributed by atoms with Gasteiger partial charge < -0.3 is 5.73 Å². The number of aromatic nitrogens is 2. The van der Waals surface area contributed by atoms with Gasteiger partial charge in [0.2, 0.25) is 0 Å². The number of hydrogen-bond acceptors (Lipinski definition) is 5. The van der Waals surface area contributed by atoms with E-state index in [4.69, 9.17) is 10.7 Å². The Kier molecular flexibility index (Phi) is 4.64. The molecule has 0 amide bonds. The predicted octanol–water partition coefficient (Wildman–Crippen LogP) is 4.01. The van der Waals surface area contributed by atoms with Gasteiger partial charge in [-0.05, 0) is 25.7 Å². The van der Waals surface area contributed by atoms with Crippen LogP contribution < -0.4 is 5.73 Å². The molecule has 0 aromatic carbocycles. The lowest BCUT2D eigenvalue weighted by molar-refractivity contribution is 0.433. The molecular weight excluding hydrogens is 280 g/mol. The van der Waals surface area contributed by atoms with Crippen LogP contribution in [0.3, 0.4) is 0 Å². The van der Waals surface area contributed by atoms with Crippen LogP contribution in [0.2, 0.25) is 0 Å². The second kappa shape index (κ2) is 6.65. The fourth-order valence-corrected chi connectivity index (χ4v) is 4.64. The molecular formula is C16H22N4S. The second-order valence-corrected chi connectivity index (χ2v) is 7.39. The molecule has 2 aliphatic carbocycles. The highest BCUT2D eigenvalue weighted by Crippen LogP contribution is 2.37. The van der Waals surface area contributed by atoms with Crippen molar-refractivity contribution in [2.45, 2.75) is 74.1 Å². The fourth-order valence-electron chi connectivity index (χ4n) is 3.47. The minimum atomic E-state index is 0.369. The third-order valence-electron chi connectivity index (χ3n) is 4.62. The number of nitrogen functional groups attached to an aromatic ring is 1. The van der Waals surface area contributed by atoms with Gasteiger partial charge in [0, 0.05) is 11.2 Å². The highest BCUT2D eigenvalue weighted by Gasteiger charge is 2.25. The minimum Gasteiger partial charge on any atom is -0.382 e. The molecule has 2 fully saturated rings. The largest absolute Gasteiger partial charge is 0.382 e. The lowest BCUT2D eigenvalue weighted by atomic mass is 9.85. The zero-order chi connectivity index (χ0) is 14.7. The van der Waals surface area contributed by atoms with Gasteiger partial charge in [0.25, 0.3) is 0 Å². The summed E-state index contributed by atoms with van der Waals surface area (Å²) in [4.78, 5) is 9.11. The molecule has 3 rings (SSSR count). The Hall–Kier alpha value is -1.28. The van der Waals surface area contributed by atoms with E-state index in [0.717, 1.165) is 23.7 Å². The second-order valence-electron chi connectivity index (χ2n) is 6.12. The fraction of sp³-hybridized carbons (Fsp3) is 0.688. The van der Waals surface area contributed by atoms with Gasteiger partial charge in [-0.3, -0.25) is 0 Å². The van der Waals surface area contributed by atoms with Gasteiger partial charge >= 0.3 is 0 Å². The van der Waals surface area contributed by atoms with Crippen LogP contribution in [0.4, 0.5) is 5.82 Å². The zero-order valence-electron chi connectivity index (χ0n) is 12.3. The average Bonchev–Trinajstić information content (AvgIpc) is 3.00. The molecule has 112 valence electrons. The van der Waals surface area contributed by atoms with Crippen molar-refractivity contribution < 1.29 is 0 Å². The normalized spacial score (nSPS) is 20.5. The number of rotatable bonds is 3. The average molecular weight is 302 g/mol. The molecule has 2 saturated carbocycles. The molecule has 0 aliphatic heterocycles. The summed E-state index contributed by atoms with van der Waals surface area (Å²) in [6.07, 6.45) is 11.1. The van der Waals surface area contributed by atoms with Crippen LogP contribution in [0.25, 0.3) is 0 Å². The van der Waals surface area contributed by atoms with E-state index in [1.54, 1.807) is 11.8 Å². The van der Waals surface area contributed by atoms with E-state index in [9.17, 15) is 5.26 Å². The molecule has 2 N–H and O–H groups in total. The summed E-state index contributed by atoms with van der Waals surface area (Å²) in [7, 11) is 0. The Balaban J connectivity index is 1.88. The van der Waals surface area contributed by atoms with Crippen LogP contribution in [0.1, 0.15) is 75.0 Å². The third kappa shape index (κ3) is 3.32. The van der Waals surface area contributed by atoms with Gasteiger partial charge in [-0.25, -0.2) is 9.97 Å². The summed E-state index contributed by atoms with van der Waals surface area (Å²) in [5.41, 5.74) is 7.45. The first kappa shape index (κ1) is 14.6. The van der Waals surface area contributed by atoms with E-state index in [1.165, 1.54) is 44.9 Å². The molecule has 0 radical (unpaired) electrons. The van der Waals surface area contributed by atoms with Gasteiger partial charge in [0.1, 0.15) is 17.5 Å². The van der Waals surface area contributed by atoms with E-state index in [0.29, 0.717) is 22.5 Å². The van der Waals surface area contributed by atoms with Crippen LogP contribution in [-0.4, -0.2) is 15.2 Å². The lowest BCUT2D eigenvalue weighted by Gasteiger charge is -2.22. The summed E-state index contributed by atoms with van der Waals surface area (Å²) >= 11 is 1.75. The maximum absolute atomic E-state index is 9.39. The first-order valence-corrected chi connectivity index (χ1v) is 8.90. The van der Waals surface area contributed by atoms with Gasteiger partial charge in [0.15, 0.2) is 5.16 Å². The molecule has 1 aromatic heterocycles. The summed E-state index contributed by atoms with van der Waals surface area (Å²) in [6, 6.07) is 2.22. The number of nitriles is 1. The van der Waals surface area contributed by atoms with Crippen LogP contribution in [0.15, 0.2) is 5.16 Å². The van der Waals surface area contributed by atoms with Crippen LogP contribution in [0.5, 0.6) is 0 Å². The molecule has 1 aromatic rings. The minimum absolute atomic E-state index is 0.369. The maximum atomic E-state index is 9.39. The third-order valence-corrected chi connectivity index (χ3v) is 5.82. The van der Waals surface area contributed by atoms with Crippen LogP contribution in [-0.2, 0) is 0 Å². The molecule has 0 atom stereocenters. The molecule has 0 bridgehead atoms. The quantitative estimate of drug-likeness (QED) is 0.854. The maximum Gasteiger partial charge on any atom is 0.190 e. The number of thioether (sulfide) groups is 1. The van der Waals surface area contributed by atoms with E-state index in [1.807, 2.05) is 0 Å². The standard InChI is InChI=1S/C16H22N4S/c17-10-13-14(11-6-2-1-3-7-11)19-16(20-15(13)18)21-12-8-4-5-9-12/h11-12H,1-9H2,(H2,18,19,20). The summed E-state index contributed by atoms with van der Waals surface area (Å²) in [5, 5.41) is 10.8. The molecule has 0 spiro atoms. The topological polar surface area (TPSA) is 75.6 Å². The Morgan fingerprint density at radius 3 is 2.33 bits per heavy atom. The molecule has 4 nitrogen and oxygen atoms in total. The SMILES string of the molecule is N#Cc1c(N)nc(SC2CCCC2)nc1C1CCCCC1. The molecule has 0 unspecified atom stereocenters. The lowest BCUT2D eigenvalue weighted by Crippen LogP contribution is -2.13. The van der Waals surface area contributed by atoms with Crippen LogP contribution >= 0.6 is 11.8 Å². The zero-order valence-corrected chi connectivity index (χ0v) is 13.2. The monoisotopic (exact) mass is 302 g/mol. The molecule has 1 heterocycles. The summed E-state index contributed by atoms with van der Waals surface area (Å²) < 4.78 is 0. The summed E-state index contributed by atoms with van der Waals surface area (Å²) in [6.45, 7) is 0. The molecule has 0 saturated heterocycles. The number of nitrogens with two attached hydrogens (primary N) is 1.